The van der Waals surface area contributed by atoms with Crippen LogP contribution in [0.4, 0.5) is 0 Å². The number of hydrogen-bond donors (Lipinski definition) is 6. The standard InChI is InChI=1S/C6H14O6.BrH/c7-1-3(9)5(11)6(12)4(10)2-8;/h3-12H,1-2H2;1H/t3-,4-,5-,6-;/m1./s1. The van der Waals surface area contributed by atoms with Gasteiger partial charge in [-0.1, -0.05) is 0 Å². The first kappa shape index (κ1) is 15.7. The minimum absolute atomic E-state index is 0. The Morgan fingerprint density at radius 1 is 0.692 bits per heavy atom. The predicted octanol–water partition coefficient (Wildman–Crippen LogP) is -3.01. The molecule has 6 nitrogen and oxygen atoms in total. The van der Waals surface area contributed by atoms with E-state index in [4.69, 9.17) is 30.6 Å². The first-order valence-corrected chi connectivity index (χ1v) is 3.48. The van der Waals surface area contributed by atoms with Crippen LogP contribution < -0.4 is 0 Å². The SMILES string of the molecule is Br.OC[C@@H](O)[C@@H](O)[C@H](O)[C@H](O)CO. The Hall–Kier alpha value is 0.240. The van der Waals surface area contributed by atoms with E-state index < -0.39 is 37.6 Å². The largest absolute Gasteiger partial charge is 0.394 e. The van der Waals surface area contributed by atoms with Crippen LogP contribution in [0.25, 0.3) is 0 Å². The number of halogens is 1. The Kier molecular flexibility index (Phi) is 9.21. The van der Waals surface area contributed by atoms with Crippen LogP contribution in [0.5, 0.6) is 0 Å². The highest BCUT2D eigenvalue weighted by atomic mass is 79.9. The molecule has 0 saturated heterocycles. The Morgan fingerprint density at radius 2 is 0.923 bits per heavy atom. The van der Waals surface area contributed by atoms with Crippen molar-refractivity contribution in [2.24, 2.45) is 0 Å². The molecule has 0 bridgehead atoms. The fraction of sp³-hybridized carbons (Fsp3) is 1.00. The third kappa shape index (κ3) is 4.87. The summed E-state index contributed by atoms with van der Waals surface area (Å²) in [5, 5.41) is 52.2. The maximum absolute atomic E-state index is 8.96. The van der Waals surface area contributed by atoms with Gasteiger partial charge in [0.15, 0.2) is 0 Å². The molecule has 0 unspecified atom stereocenters. The first-order valence-electron chi connectivity index (χ1n) is 3.48. The minimum Gasteiger partial charge on any atom is -0.394 e. The summed E-state index contributed by atoms with van der Waals surface area (Å²) in [7, 11) is 0. The van der Waals surface area contributed by atoms with E-state index in [1.165, 1.54) is 0 Å². The van der Waals surface area contributed by atoms with Crippen molar-refractivity contribution in [1.29, 1.82) is 0 Å². The van der Waals surface area contributed by atoms with Crippen molar-refractivity contribution in [2.45, 2.75) is 24.4 Å². The third-order valence-electron chi connectivity index (χ3n) is 1.51. The van der Waals surface area contributed by atoms with Gasteiger partial charge in [-0.25, -0.2) is 0 Å². The summed E-state index contributed by atoms with van der Waals surface area (Å²) in [4.78, 5) is 0. The molecule has 0 fully saturated rings. The molecule has 7 heteroatoms. The van der Waals surface area contributed by atoms with Gasteiger partial charge in [-0.05, 0) is 0 Å². The molecule has 0 aliphatic carbocycles. The van der Waals surface area contributed by atoms with Crippen LogP contribution in [0.3, 0.4) is 0 Å². The summed E-state index contributed by atoms with van der Waals surface area (Å²) in [5.74, 6) is 0. The van der Waals surface area contributed by atoms with Gasteiger partial charge in [-0.3, -0.25) is 0 Å². The lowest BCUT2D eigenvalue weighted by atomic mass is 10.0. The normalized spacial score (nSPS) is 19.8. The molecule has 0 heterocycles. The molecule has 0 aromatic rings. The van der Waals surface area contributed by atoms with Crippen molar-refractivity contribution >= 4 is 17.0 Å². The van der Waals surface area contributed by atoms with Crippen LogP contribution in [-0.2, 0) is 0 Å². The van der Waals surface area contributed by atoms with Crippen molar-refractivity contribution in [3.05, 3.63) is 0 Å². The molecule has 13 heavy (non-hydrogen) atoms. The van der Waals surface area contributed by atoms with Crippen molar-refractivity contribution in [3.8, 4) is 0 Å². The topological polar surface area (TPSA) is 121 Å². The second-order valence-electron chi connectivity index (χ2n) is 2.48. The average Bonchev–Trinajstić information content (AvgIpc) is 2.12. The second-order valence-corrected chi connectivity index (χ2v) is 2.48. The monoisotopic (exact) mass is 262 g/mol. The highest BCUT2D eigenvalue weighted by Gasteiger charge is 2.29. The van der Waals surface area contributed by atoms with E-state index in [0.717, 1.165) is 0 Å². The summed E-state index contributed by atoms with van der Waals surface area (Å²) < 4.78 is 0. The van der Waals surface area contributed by atoms with Crippen LogP contribution in [0.1, 0.15) is 0 Å². The molecule has 0 aromatic heterocycles. The van der Waals surface area contributed by atoms with E-state index >= 15 is 0 Å². The number of rotatable bonds is 5. The summed E-state index contributed by atoms with van der Waals surface area (Å²) in [6, 6.07) is 0. The Bertz CT molecular complexity index is 110. The van der Waals surface area contributed by atoms with Gasteiger partial charge in [0.05, 0.1) is 13.2 Å². The molecular weight excluding hydrogens is 248 g/mol. The van der Waals surface area contributed by atoms with Gasteiger partial charge in [0.2, 0.25) is 0 Å². The molecule has 0 aliphatic rings. The molecule has 0 aliphatic heterocycles. The number of aliphatic hydroxyl groups is 6. The zero-order chi connectivity index (χ0) is 9.72. The van der Waals surface area contributed by atoms with Crippen LogP contribution in [-0.4, -0.2) is 68.3 Å². The zero-order valence-corrected chi connectivity index (χ0v) is 8.53. The Labute approximate surface area is 85.8 Å². The van der Waals surface area contributed by atoms with E-state index in [-0.39, 0.29) is 17.0 Å². The van der Waals surface area contributed by atoms with Crippen molar-refractivity contribution in [2.75, 3.05) is 13.2 Å². The Morgan fingerprint density at radius 3 is 1.08 bits per heavy atom. The van der Waals surface area contributed by atoms with E-state index in [9.17, 15) is 0 Å². The lowest BCUT2D eigenvalue weighted by Crippen LogP contribution is -2.46. The molecule has 0 rings (SSSR count). The molecule has 0 aromatic carbocycles. The molecule has 82 valence electrons. The summed E-state index contributed by atoms with van der Waals surface area (Å²) >= 11 is 0. The smallest absolute Gasteiger partial charge is 0.111 e. The number of aliphatic hydroxyl groups excluding tert-OH is 6. The molecular formula is C6H15BrO6. The third-order valence-corrected chi connectivity index (χ3v) is 1.51. The fourth-order valence-electron chi connectivity index (χ4n) is 0.671. The quantitative estimate of drug-likeness (QED) is 0.314. The molecule has 0 radical (unpaired) electrons. The maximum Gasteiger partial charge on any atom is 0.111 e. The van der Waals surface area contributed by atoms with E-state index in [1.54, 1.807) is 0 Å². The maximum atomic E-state index is 8.96. The van der Waals surface area contributed by atoms with E-state index in [0.29, 0.717) is 0 Å². The fourth-order valence-corrected chi connectivity index (χ4v) is 0.671. The van der Waals surface area contributed by atoms with Gasteiger partial charge in [-0.15, -0.1) is 17.0 Å². The highest BCUT2D eigenvalue weighted by Crippen LogP contribution is 2.03. The summed E-state index contributed by atoms with van der Waals surface area (Å²) in [6.07, 6.45) is -6.39. The molecule has 0 spiro atoms. The van der Waals surface area contributed by atoms with Gasteiger partial charge in [0, 0.05) is 0 Å². The van der Waals surface area contributed by atoms with Crippen molar-refractivity contribution in [1.82, 2.24) is 0 Å². The lowest BCUT2D eigenvalue weighted by molar-refractivity contribution is -0.123. The van der Waals surface area contributed by atoms with E-state index in [1.807, 2.05) is 0 Å². The summed E-state index contributed by atoms with van der Waals surface area (Å²) in [6.45, 7) is -1.45. The predicted molar refractivity (Wildman–Crippen MR) is 48.5 cm³/mol. The first-order chi connectivity index (χ1) is 5.54. The van der Waals surface area contributed by atoms with Crippen LogP contribution in [0, 0.1) is 0 Å². The number of hydrogen-bond acceptors (Lipinski definition) is 6. The van der Waals surface area contributed by atoms with Gasteiger partial charge in [-0.2, -0.15) is 0 Å². The van der Waals surface area contributed by atoms with Gasteiger partial charge < -0.3 is 30.6 Å². The van der Waals surface area contributed by atoms with Crippen molar-refractivity contribution < 1.29 is 30.6 Å². The molecule has 0 amide bonds. The van der Waals surface area contributed by atoms with Crippen LogP contribution >= 0.6 is 17.0 Å². The van der Waals surface area contributed by atoms with Crippen molar-refractivity contribution in [3.63, 3.8) is 0 Å². The Balaban J connectivity index is 0. The molecule has 6 N–H and O–H groups in total. The van der Waals surface area contributed by atoms with E-state index in [2.05, 4.69) is 0 Å². The lowest BCUT2D eigenvalue weighted by Gasteiger charge is -2.24. The molecule has 0 saturated carbocycles. The van der Waals surface area contributed by atoms with Crippen LogP contribution in [0.2, 0.25) is 0 Å². The average molecular weight is 263 g/mol. The minimum atomic E-state index is -1.67. The van der Waals surface area contributed by atoms with Gasteiger partial charge in [0.25, 0.3) is 0 Å². The highest BCUT2D eigenvalue weighted by molar-refractivity contribution is 8.93. The van der Waals surface area contributed by atoms with Gasteiger partial charge in [0.1, 0.15) is 24.4 Å². The van der Waals surface area contributed by atoms with Gasteiger partial charge >= 0.3 is 0 Å². The van der Waals surface area contributed by atoms with Crippen LogP contribution in [0.15, 0.2) is 0 Å². The molecule has 4 atom stereocenters. The summed E-state index contributed by atoms with van der Waals surface area (Å²) in [5.41, 5.74) is 0. The second kappa shape index (κ2) is 7.63. The zero-order valence-electron chi connectivity index (χ0n) is 6.82.